The Kier molecular flexibility index (Phi) is 2.50. The third kappa shape index (κ3) is 1.77. The van der Waals surface area contributed by atoms with Gasteiger partial charge in [-0.1, -0.05) is 24.3 Å². The molecule has 2 rings (SSSR count). The highest BCUT2D eigenvalue weighted by Crippen LogP contribution is 2.09. The van der Waals surface area contributed by atoms with Crippen molar-refractivity contribution in [1.82, 2.24) is 9.55 Å². The van der Waals surface area contributed by atoms with E-state index in [1.165, 1.54) is 11.1 Å². The minimum atomic E-state index is 0.772. The Labute approximate surface area is 88.2 Å². The van der Waals surface area contributed by atoms with E-state index in [9.17, 15) is 0 Å². The van der Waals surface area contributed by atoms with Gasteiger partial charge in [-0.15, -0.1) is 0 Å². The fourth-order valence-corrected chi connectivity index (χ4v) is 1.64. The van der Waals surface area contributed by atoms with Crippen LogP contribution in [0.25, 0.3) is 0 Å². The van der Waals surface area contributed by atoms with Gasteiger partial charge in [0, 0.05) is 12.4 Å². The summed E-state index contributed by atoms with van der Waals surface area (Å²) in [4.78, 5) is 2.99. The number of aryl methyl sites for hydroxylation is 1. The van der Waals surface area contributed by atoms with Crippen molar-refractivity contribution >= 4 is 12.2 Å². The molecule has 2 aromatic rings. The molecule has 0 atom stereocenters. The Morgan fingerprint density at radius 3 is 2.79 bits per heavy atom. The summed E-state index contributed by atoms with van der Waals surface area (Å²) in [5.41, 5.74) is 2.61. The number of aromatic nitrogens is 2. The summed E-state index contributed by atoms with van der Waals surface area (Å²) in [6.45, 7) is 2.96. The second-order valence-electron chi connectivity index (χ2n) is 3.32. The predicted molar refractivity (Wildman–Crippen MR) is 59.9 cm³/mol. The monoisotopic (exact) mass is 204 g/mol. The van der Waals surface area contributed by atoms with Crippen LogP contribution in [0, 0.1) is 11.7 Å². The van der Waals surface area contributed by atoms with Crippen molar-refractivity contribution in [1.29, 1.82) is 0 Å². The fourth-order valence-electron chi connectivity index (χ4n) is 1.44. The molecule has 1 N–H and O–H groups in total. The van der Waals surface area contributed by atoms with E-state index in [1.807, 2.05) is 17.0 Å². The molecule has 0 radical (unpaired) electrons. The Bertz CT molecular complexity index is 482. The van der Waals surface area contributed by atoms with Crippen LogP contribution in [-0.4, -0.2) is 9.55 Å². The molecule has 1 aromatic carbocycles. The highest BCUT2D eigenvalue weighted by Gasteiger charge is 1.98. The lowest BCUT2D eigenvalue weighted by Gasteiger charge is -2.05. The number of aromatic amines is 1. The zero-order chi connectivity index (χ0) is 9.97. The van der Waals surface area contributed by atoms with E-state index < -0.39 is 0 Å². The third-order valence-corrected chi connectivity index (χ3v) is 2.68. The summed E-state index contributed by atoms with van der Waals surface area (Å²) in [5.74, 6) is 0. The van der Waals surface area contributed by atoms with Crippen LogP contribution >= 0.6 is 12.2 Å². The Balaban J connectivity index is 2.32. The van der Waals surface area contributed by atoms with Gasteiger partial charge in [0.15, 0.2) is 4.77 Å². The molecular weight excluding hydrogens is 192 g/mol. The molecule has 0 fully saturated rings. The number of H-pyrrole nitrogens is 1. The van der Waals surface area contributed by atoms with Gasteiger partial charge in [-0.3, -0.25) is 0 Å². The molecule has 0 unspecified atom stereocenters. The standard InChI is InChI=1S/C11H12N2S/c1-9-4-2-3-5-10(9)8-13-7-6-12-11(13)14/h2-7H,8H2,1H3,(H,12,14). The normalized spacial score (nSPS) is 10.4. The first-order valence-corrected chi connectivity index (χ1v) is 4.96. The lowest BCUT2D eigenvalue weighted by atomic mass is 10.1. The smallest absolute Gasteiger partial charge is 0.177 e. The van der Waals surface area contributed by atoms with Gasteiger partial charge in [0.25, 0.3) is 0 Å². The number of hydrogen-bond donors (Lipinski definition) is 1. The molecule has 1 heterocycles. The lowest BCUT2D eigenvalue weighted by Crippen LogP contribution is -1.99. The van der Waals surface area contributed by atoms with E-state index in [1.54, 1.807) is 0 Å². The van der Waals surface area contributed by atoms with Gasteiger partial charge in [0.05, 0.1) is 6.54 Å². The number of rotatable bonds is 2. The van der Waals surface area contributed by atoms with Crippen LogP contribution in [0.1, 0.15) is 11.1 Å². The third-order valence-electron chi connectivity index (χ3n) is 2.32. The van der Waals surface area contributed by atoms with Crippen LogP contribution in [0.15, 0.2) is 36.7 Å². The number of hydrogen-bond acceptors (Lipinski definition) is 1. The summed E-state index contributed by atoms with van der Waals surface area (Å²) >= 11 is 5.14. The van der Waals surface area contributed by atoms with E-state index in [2.05, 4.69) is 36.2 Å². The summed E-state index contributed by atoms with van der Waals surface area (Å²) in [6.07, 6.45) is 3.83. The van der Waals surface area contributed by atoms with Crippen LogP contribution in [-0.2, 0) is 6.54 Å². The van der Waals surface area contributed by atoms with Crippen LogP contribution in [0.2, 0.25) is 0 Å². The first kappa shape index (κ1) is 9.21. The Morgan fingerprint density at radius 1 is 1.36 bits per heavy atom. The van der Waals surface area contributed by atoms with Crippen molar-refractivity contribution in [3.8, 4) is 0 Å². The van der Waals surface area contributed by atoms with Gasteiger partial charge >= 0.3 is 0 Å². The molecule has 14 heavy (non-hydrogen) atoms. The van der Waals surface area contributed by atoms with Gasteiger partial charge in [0.1, 0.15) is 0 Å². The minimum Gasteiger partial charge on any atom is -0.337 e. The SMILES string of the molecule is Cc1ccccc1Cn1cc[nH]c1=S. The molecule has 2 nitrogen and oxygen atoms in total. The zero-order valence-corrected chi connectivity index (χ0v) is 8.84. The van der Waals surface area contributed by atoms with Crippen LogP contribution < -0.4 is 0 Å². The van der Waals surface area contributed by atoms with Crippen molar-refractivity contribution in [2.45, 2.75) is 13.5 Å². The second kappa shape index (κ2) is 3.80. The number of imidazole rings is 1. The molecule has 0 aliphatic rings. The van der Waals surface area contributed by atoms with Gasteiger partial charge in [-0.25, -0.2) is 0 Å². The fraction of sp³-hybridized carbons (Fsp3) is 0.182. The molecule has 0 spiro atoms. The molecule has 0 aliphatic carbocycles. The Hall–Kier alpha value is -1.35. The maximum Gasteiger partial charge on any atom is 0.177 e. The molecule has 0 aliphatic heterocycles. The van der Waals surface area contributed by atoms with Crippen molar-refractivity contribution in [2.75, 3.05) is 0 Å². The second-order valence-corrected chi connectivity index (χ2v) is 3.71. The zero-order valence-electron chi connectivity index (χ0n) is 8.03. The van der Waals surface area contributed by atoms with E-state index in [-0.39, 0.29) is 0 Å². The lowest BCUT2D eigenvalue weighted by molar-refractivity contribution is 0.779. The molecule has 0 saturated heterocycles. The first-order chi connectivity index (χ1) is 6.77. The highest BCUT2D eigenvalue weighted by atomic mass is 32.1. The average Bonchev–Trinajstić information content (AvgIpc) is 2.56. The highest BCUT2D eigenvalue weighted by molar-refractivity contribution is 7.71. The van der Waals surface area contributed by atoms with Crippen molar-refractivity contribution < 1.29 is 0 Å². The molecule has 0 amide bonds. The van der Waals surface area contributed by atoms with E-state index in [4.69, 9.17) is 12.2 Å². The van der Waals surface area contributed by atoms with Gasteiger partial charge < -0.3 is 9.55 Å². The average molecular weight is 204 g/mol. The first-order valence-electron chi connectivity index (χ1n) is 4.56. The van der Waals surface area contributed by atoms with Gasteiger partial charge in [0.2, 0.25) is 0 Å². The predicted octanol–water partition coefficient (Wildman–Crippen LogP) is 2.90. The van der Waals surface area contributed by atoms with Gasteiger partial charge in [-0.05, 0) is 30.3 Å². The van der Waals surface area contributed by atoms with Gasteiger partial charge in [-0.2, -0.15) is 0 Å². The van der Waals surface area contributed by atoms with Crippen molar-refractivity contribution in [2.24, 2.45) is 0 Å². The summed E-state index contributed by atoms with van der Waals surface area (Å²) in [6, 6.07) is 8.35. The summed E-state index contributed by atoms with van der Waals surface area (Å²) in [5, 5.41) is 0. The largest absolute Gasteiger partial charge is 0.337 e. The van der Waals surface area contributed by atoms with Crippen molar-refractivity contribution in [3.05, 3.63) is 52.6 Å². The molecule has 0 saturated carbocycles. The molecular formula is C11H12N2S. The minimum absolute atomic E-state index is 0.772. The topological polar surface area (TPSA) is 20.7 Å². The van der Waals surface area contributed by atoms with Crippen LogP contribution in [0.4, 0.5) is 0 Å². The summed E-state index contributed by atoms with van der Waals surface area (Å²) in [7, 11) is 0. The Morgan fingerprint density at radius 2 is 2.14 bits per heavy atom. The molecule has 3 heteroatoms. The molecule has 1 aromatic heterocycles. The maximum atomic E-state index is 5.14. The number of nitrogens with zero attached hydrogens (tertiary/aromatic N) is 1. The van der Waals surface area contributed by atoms with Crippen LogP contribution in [0.5, 0.6) is 0 Å². The van der Waals surface area contributed by atoms with E-state index in [0.29, 0.717) is 0 Å². The maximum absolute atomic E-state index is 5.14. The molecule has 0 bridgehead atoms. The van der Waals surface area contributed by atoms with E-state index in [0.717, 1.165) is 11.3 Å². The van der Waals surface area contributed by atoms with E-state index >= 15 is 0 Å². The number of nitrogens with one attached hydrogen (secondary N) is 1. The molecule has 72 valence electrons. The van der Waals surface area contributed by atoms with Crippen molar-refractivity contribution in [3.63, 3.8) is 0 Å². The van der Waals surface area contributed by atoms with Crippen LogP contribution in [0.3, 0.4) is 0 Å². The quantitative estimate of drug-likeness (QED) is 0.746. The summed E-state index contributed by atoms with van der Waals surface area (Å²) < 4.78 is 2.80. The number of benzene rings is 1.